The van der Waals surface area contributed by atoms with E-state index in [2.05, 4.69) is 10.4 Å². The van der Waals surface area contributed by atoms with Gasteiger partial charge in [0.1, 0.15) is 0 Å². The molecular formula is C25H24N4O7. The van der Waals surface area contributed by atoms with E-state index in [0.717, 1.165) is 0 Å². The number of phenols is 2. The van der Waals surface area contributed by atoms with E-state index in [1.165, 1.54) is 41.6 Å². The molecule has 0 aliphatic carbocycles. The highest BCUT2D eigenvalue weighted by molar-refractivity contribution is 6.02. The Bertz CT molecular complexity index is 1340. The molecule has 11 heteroatoms. The quantitative estimate of drug-likeness (QED) is 0.238. The van der Waals surface area contributed by atoms with Crippen LogP contribution in [-0.2, 0) is 0 Å². The summed E-state index contributed by atoms with van der Waals surface area (Å²) in [5.74, 6) is -0.0849. The van der Waals surface area contributed by atoms with Crippen molar-refractivity contribution in [2.45, 2.75) is 20.0 Å². The monoisotopic (exact) mass is 492 g/mol. The Kier molecular flexibility index (Phi) is 6.91. The fourth-order valence-electron chi connectivity index (χ4n) is 3.73. The van der Waals surface area contributed by atoms with Crippen molar-refractivity contribution < 1.29 is 29.4 Å². The van der Waals surface area contributed by atoms with Crippen LogP contribution in [0.4, 0.5) is 11.4 Å². The highest BCUT2D eigenvalue weighted by Crippen LogP contribution is 2.38. The predicted octanol–water partition coefficient (Wildman–Crippen LogP) is 4.40. The number of amides is 1. The van der Waals surface area contributed by atoms with E-state index in [1.54, 1.807) is 38.1 Å². The molecule has 1 atom stereocenters. The summed E-state index contributed by atoms with van der Waals surface area (Å²) in [4.78, 5) is 24.2. The zero-order chi connectivity index (χ0) is 25.8. The Balaban J connectivity index is 1.77. The second-order valence-corrected chi connectivity index (χ2v) is 7.75. The van der Waals surface area contributed by atoms with Gasteiger partial charge < -0.3 is 25.0 Å². The summed E-state index contributed by atoms with van der Waals surface area (Å²) in [5, 5.41) is 40.1. The number of rotatable bonds is 8. The number of carbonyl (C=O) groups is 1. The molecule has 0 aromatic heterocycles. The lowest BCUT2D eigenvalue weighted by Gasteiger charge is -2.34. The molecule has 0 fully saturated rings. The molecule has 4 rings (SSSR count). The number of hydrazone groups is 1. The minimum atomic E-state index is -0.869. The molecule has 11 nitrogen and oxygen atoms in total. The maximum absolute atomic E-state index is 13.5. The predicted molar refractivity (Wildman–Crippen MR) is 132 cm³/mol. The van der Waals surface area contributed by atoms with Crippen LogP contribution >= 0.6 is 0 Å². The summed E-state index contributed by atoms with van der Waals surface area (Å²) >= 11 is 0. The number of benzene rings is 3. The van der Waals surface area contributed by atoms with E-state index in [-0.39, 0.29) is 39.9 Å². The first kappa shape index (κ1) is 24.3. The Morgan fingerprint density at radius 3 is 2.36 bits per heavy atom. The molecule has 1 heterocycles. The van der Waals surface area contributed by atoms with E-state index < -0.39 is 17.0 Å². The van der Waals surface area contributed by atoms with Gasteiger partial charge in [0.2, 0.25) is 0 Å². The van der Waals surface area contributed by atoms with Gasteiger partial charge in [-0.1, -0.05) is 6.07 Å². The first-order valence-electron chi connectivity index (χ1n) is 11.2. The Morgan fingerprint density at radius 1 is 1.03 bits per heavy atom. The van der Waals surface area contributed by atoms with Gasteiger partial charge in [-0.05, 0) is 55.8 Å². The van der Waals surface area contributed by atoms with Gasteiger partial charge in [0, 0.05) is 17.7 Å². The number of nitro benzene ring substituents is 1. The number of non-ortho nitro benzene ring substituents is 1. The number of anilines is 1. The van der Waals surface area contributed by atoms with Crippen LogP contribution in [0, 0.1) is 10.1 Å². The summed E-state index contributed by atoms with van der Waals surface area (Å²) in [6.45, 7) is 4.23. The van der Waals surface area contributed by atoms with Crippen LogP contribution in [0.15, 0.2) is 59.7 Å². The molecule has 3 N–H and O–H groups in total. The number of nitro groups is 1. The first-order valence-corrected chi connectivity index (χ1v) is 11.2. The summed E-state index contributed by atoms with van der Waals surface area (Å²) < 4.78 is 10.9. The number of ether oxygens (including phenoxy) is 2. The van der Waals surface area contributed by atoms with E-state index in [9.17, 15) is 25.1 Å². The van der Waals surface area contributed by atoms with Crippen molar-refractivity contribution in [3.63, 3.8) is 0 Å². The lowest BCUT2D eigenvalue weighted by atomic mass is 10.0. The van der Waals surface area contributed by atoms with Crippen LogP contribution < -0.4 is 14.8 Å². The average molecular weight is 492 g/mol. The van der Waals surface area contributed by atoms with Crippen molar-refractivity contribution in [3.8, 4) is 23.0 Å². The highest BCUT2D eigenvalue weighted by Gasteiger charge is 2.34. The molecule has 1 amide bonds. The topological polar surface area (TPSA) is 147 Å². The maximum Gasteiger partial charge on any atom is 0.278 e. The zero-order valence-corrected chi connectivity index (χ0v) is 19.5. The van der Waals surface area contributed by atoms with Gasteiger partial charge in [0.05, 0.1) is 35.6 Å². The van der Waals surface area contributed by atoms with Crippen LogP contribution in [0.3, 0.4) is 0 Å². The number of hydrogen-bond acceptors (Lipinski definition) is 9. The van der Waals surface area contributed by atoms with Gasteiger partial charge in [0.15, 0.2) is 29.2 Å². The maximum atomic E-state index is 13.5. The number of aromatic hydroxyl groups is 2. The molecule has 1 aliphatic heterocycles. The average Bonchev–Trinajstić information content (AvgIpc) is 2.86. The molecule has 0 saturated heterocycles. The Labute approximate surface area is 206 Å². The molecular weight excluding hydrogens is 468 g/mol. The van der Waals surface area contributed by atoms with Crippen LogP contribution in [-0.4, -0.2) is 45.5 Å². The van der Waals surface area contributed by atoms with Crippen molar-refractivity contribution in [2.75, 3.05) is 18.5 Å². The second-order valence-electron chi connectivity index (χ2n) is 7.75. The molecule has 1 aliphatic rings. The van der Waals surface area contributed by atoms with Crippen LogP contribution in [0.5, 0.6) is 23.0 Å². The zero-order valence-electron chi connectivity index (χ0n) is 19.5. The van der Waals surface area contributed by atoms with Crippen molar-refractivity contribution >= 4 is 23.5 Å². The van der Waals surface area contributed by atoms with Gasteiger partial charge in [-0.2, -0.15) is 5.10 Å². The van der Waals surface area contributed by atoms with Gasteiger partial charge in [-0.25, -0.2) is 5.01 Å². The lowest BCUT2D eigenvalue weighted by Crippen LogP contribution is -2.39. The molecule has 0 bridgehead atoms. The van der Waals surface area contributed by atoms with E-state index in [4.69, 9.17) is 9.47 Å². The van der Waals surface area contributed by atoms with Crippen molar-refractivity contribution in [1.29, 1.82) is 0 Å². The molecule has 0 spiro atoms. The normalized spacial score (nSPS) is 14.9. The SMILES string of the molecule is CCOc1cc(/C=N/N2C(=O)c3ccc([N+](=O)[O-])cc3N[C@H]2c2ccc(O)c(OCC)c2)ccc1O. The van der Waals surface area contributed by atoms with Gasteiger partial charge in [-0.3, -0.25) is 14.9 Å². The standard InChI is InChI=1S/C25H24N4O7/c1-3-35-22-11-15(5-9-20(22)30)14-26-28-24(16-6-10-21(31)23(12-16)36-4-2)27-19-13-17(29(33)34)7-8-18(19)25(28)32/h5-14,24,27,30-31H,3-4H2,1-2H3/b26-14+/t24-/m1/s1. The Hall–Kier alpha value is -4.80. The third-order valence-electron chi connectivity index (χ3n) is 5.40. The van der Waals surface area contributed by atoms with Crippen molar-refractivity contribution in [1.82, 2.24) is 5.01 Å². The first-order chi connectivity index (χ1) is 17.3. The van der Waals surface area contributed by atoms with E-state index in [1.807, 2.05) is 0 Å². The van der Waals surface area contributed by atoms with Gasteiger partial charge >= 0.3 is 0 Å². The lowest BCUT2D eigenvalue weighted by molar-refractivity contribution is -0.384. The number of fused-ring (bicyclic) bond motifs is 1. The number of nitrogens with zero attached hydrogens (tertiary/aromatic N) is 3. The second kappa shape index (κ2) is 10.2. The number of carbonyl (C=O) groups excluding carboxylic acids is 1. The van der Waals surface area contributed by atoms with Gasteiger partial charge in [-0.15, -0.1) is 0 Å². The summed E-state index contributed by atoms with van der Waals surface area (Å²) in [5.41, 5.74) is 1.41. The molecule has 36 heavy (non-hydrogen) atoms. The molecule has 3 aromatic rings. The van der Waals surface area contributed by atoms with E-state index >= 15 is 0 Å². The molecule has 0 unspecified atom stereocenters. The van der Waals surface area contributed by atoms with Crippen LogP contribution in [0.2, 0.25) is 0 Å². The molecule has 0 radical (unpaired) electrons. The number of phenolic OH excluding ortho intramolecular Hbond substituents is 2. The largest absolute Gasteiger partial charge is 0.504 e. The molecule has 186 valence electrons. The highest BCUT2D eigenvalue weighted by atomic mass is 16.6. The summed E-state index contributed by atoms with van der Waals surface area (Å²) in [6.07, 6.45) is 0.570. The molecule has 3 aromatic carbocycles. The van der Waals surface area contributed by atoms with Crippen LogP contribution in [0.1, 0.15) is 41.5 Å². The van der Waals surface area contributed by atoms with E-state index in [0.29, 0.717) is 24.3 Å². The number of nitrogens with one attached hydrogen (secondary N) is 1. The van der Waals surface area contributed by atoms with Crippen LogP contribution in [0.25, 0.3) is 0 Å². The number of hydrogen-bond donors (Lipinski definition) is 3. The smallest absolute Gasteiger partial charge is 0.278 e. The Morgan fingerprint density at radius 2 is 1.69 bits per heavy atom. The summed E-state index contributed by atoms with van der Waals surface area (Å²) in [6, 6.07) is 13.2. The van der Waals surface area contributed by atoms with Crippen molar-refractivity contribution in [3.05, 3.63) is 81.4 Å². The minimum Gasteiger partial charge on any atom is -0.504 e. The third kappa shape index (κ3) is 4.85. The third-order valence-corrected chi connectivity index (χ3v) is 5.40. The minimum absolute atomic E-state index is 0.0225. The van der Waals surface area contributed by atoms with Gasteiger partial charge in [0.25, 0.3) is 11.6 Å². The summed E-state index contributed by atoms with van der Waals surface area (Å²) in [7, 11) is 0. The fourth-order valence-corrected chi connectivity index (χ4v) is 3.73. The van der Waals surface area contributed by atoms with Crippen molar-refractivity contribution in [2.24, 2.45) is 5.10 Å². The fraction of sp³-hybridized carbons (Fsp3) is 0.200. The molecule has 0 saturated carbocycles.